The molecule has 6 heteroatoms. The largest absolute Gasteiger partial charge is 0.368 e. The van der Waals surface area contributed by atoms with Gasteiger partial charge in [-0.05, 0) is 36.8 Å². The molecule has 1 aliphatic rings. The molecule has 1 aromatic carbocycles. The fourth-order valence-corrected chi connectivity index (χ4v) is 3.16. The number of halogens is 1. The summed E-state index contributed by atoms with van der Waals surface area (Å²) in [6.45, 7) is 5.73. The number of hydrogen-bond donors (Lipinski definition) is 1. The lowest BCUT2D eigenvalue weighted by molar-refractivity contribution is -0.377. The van der Waals surface area contributed by atoms with Gasteiger partial charge >= 0.3 is 0 Å². The van der Waals surface area contributed by atoms with Crippen molar-refractivity contribution < 1.29 is 4.98 Å². The molecule has 23 heavy (non-hydrogen) atoms. The Balaban J connectivity index is 1.59. The topological polar surface area (TPSA) is 32.6 Å². The Morgan fingerprint density at radius 3 is 2.52 bits per heavy atom. The van der Waals surface area contributed by atoms with Crippen LogP contribution in [0, 0.1) is 6.92 Å². The van der Waals surface area contributed by atoms with Crippen molar-refractivity contribution >= 4 is 40.3 Å². The van der Waals surface area contributed by atoms with E-state index in [4.69, 9.17) is 23.8 Å². The smallest absolute Gasteiger partial charge is 0.173 e. The van der Waals surface area contributed by atoms with Gasteiger partial charge in [-0.25, -0.2) is 4.98 Å². The van der Waals surface area contributed by atoms with Gasteiger partial charge in [0, 0.05) is 54.7 Å². The highest BCUT2D eigenvalue weighted by Gasteiger charge is 2.19. The van der Waals surface area contributed by atoms with Crippen molar-refractivity contribution in [1.29, 1.82) is 0 Å². The summed E-state index contributed by atoms with van der Waals surface area (Å²) in [7, 11) is 0. The minimum Gasteiger partial charge on any atom is -0.368 e. The maximum absolute atomic E-state index is 6.16. The van der Waals surface area contributed by atoms with Crippen LogP contribution in [-0.2, 0) is 0 Å². The summed E-state index contributed by atoms with van der Waals surface area (Å²) < 4.78 is 0. The van der Waals surface area contributed by atoms with Crippen LogP contribution in [0.4, 0.5) is 11.4 Å². The number of piperazine rings is 1. The zero-order valence-electron chi connectivity index (χ0n) is 13.1. The Kier molecular flexibility index (Phi) is 4.98. The summed E-state index contributed by atoms with van der Waals surface area (Å²) in [5.41, 5.74) is 3.24. The SMILES string of the molecule is Cc1c(Cl)cccc1NC(=S)N1CCN(c2cc[nH+]cc2)CC1. The number of thiocarbonyl (C=S) groups is 1. The molecule has 2 aromatic rings. The minimum absolute atomic E-state index is 0.753. The first-order chi connectivity index (χ1) is 11.1. The average molecular weight is 348 g/mol. The molecule has 3 rings (SSSR count). The monoisotopic (exact) mass is 347 g/mol. The number of hydrogen-bond acceptors (Lipinski definition) is 2. The normalized spacial score (nSPS) is 14.7. The third-order valence-corrected chi connectivity index (χ3v) is 4.91. The van der Waals surface area contributed by atoms with Gasteiger partial charge in [0.1, 0.15) is 0 Å². The summed E-state index contributed by atoms with van der Waals surface area (Å²) in [5.74, 6) is 0. The number of pyridine rings is 1. The Labute approximate surface area is 147 Å². The molecule has 0 aliphatic carbocycles. The zero-order chi connectivity index (χ0) is 16.2. The molecule has 0 saturated carbocycles. The highest BCUT2D eigenvalue weighted by Crippen LogP contribution is 2.23. The molecule has 2 N–H and O–H groups in total. The molecule has 0 unspecified atom stereocenters. The van der Waals surface area contributed by atoms with E-state index < -0.39 is 0 Å². The first-order valence-electron chi connectivity index (χ1n) is 7.67. The van der Waals surface area contributed by atoms with Gasteiger partial charge in [-0.2, -0.15) is 0 Å². The van der Waals surface area contributed by atoms with Crippen LogP contribution < -0.4 is 15.2 Å². The Morgan fingerprint density at radius 1 is 1.13 bits per heavy atom. The maximum Gasteiger partial charge on any atom is 0.173 e. The molecule has 4 nitrogen and oxygen atoms in total. The number of benzene rings is 1. The van der Waals surface area contributed by atoms with E-state index in [0.717, 1.165) is 47.6 Å². The van der Waals surface area contributed by atoms with Crippen molar-refractivity contribution in [2.45, 2.75) is 6.92 Å². The van der Waals surface area contributed by atoms with Crippen LogP contribution >= 0.6 is 23.8 Å². The van der Waals surface area contributed by atoms with E-state index >= 15 is 0 Å². The molecule has 120 valence electrons. The summed E-state index contributed by atoms with van der Waals surface area (Å²) >= 11 is 11.7. The molecule has 0 radical (unpaired) electrons. The fourth-order valence-electron chi connectivity index (χ4n) is 2.69. The predicted molar refractivity (Wildman–Crippen MR) is 99.2 cm³/mol. The third kappa shape index (κ3) is 3.74. The zero-order valence-corrected chi connectivity index (χ0v) is 14.6. The van der Waals surface area contributed by atoms with Crippen LogP contribution in [0.3, 0.4) is 0 Å². The molecular formula is C17H20ClN4S+. The first-order valence-corrected chi connectivity index (χ1v) is 8.46. The maximum atomic E-state index is 6.16. The van der Waals surface area contributed by atoms with Crippen LogP contribution in [0.15, 0.2) is 42.7 Å². The van der Waals surface area contributed by atoms with Gasteiger partial charge in [0.15, 0.2) is 17.5 Å². The second kappa shape index (κ2) is 7.15. The number of H-pyrrole nitrogens is 1. The molecular weight excluding hydrogens is 328 g/mol. The van der Waals surface area contributed by atoms with Gasteiger partial charge in [0.05, 0.1) is 0 Å². The van der Waals surface area contributed by atoms with E-state index in [2.05, 4.69) is 32.2 Å². The minimum atomic E-state index is 0.753. The molecule has 1 fully saturated rings. The van der Waals surface area contributed by atoms with Crippen LogP contribution in [0.5, 0.6) is 0 Å². The van der Waals surface area contributed by atoms with Crippen LogP contribution in [0.1, 0.15) is 5.56 Å². The fraction of sp³-hybridized carbons (Fsp3) is 0.294. The van der Waals surface area contributed by atoms with E-state index in [-0.39, 0.29) is 0 Å². The standard InChI is InChI=1S/C17H19ClN4S/c1-13-15(18)3-2-4-16(13)20-17(23)22-11-9-21(10-12-22)14-5-7-19-8-6-14/h2-8H,9-12H2,1H3,(H,20,23)/p+1. The summed E-state index contributed by atoms with van der Waals surface area (Å²) in [6, 6.07) is 10.0. The lowest BCUT2D eigenvalue weighted by atomic mass is 10.2. The number of anilines is 2. The molecule has 0 amide bonds. The van der Waals surface area contributed by atoms with Crippen LogP contribution in [-0.4, -0.2) is 36.2 Å². The summed E-state index contributed by atoms with van der Waals surface area (Å²) in [6.07, 6.45) is 3.91. The lowest BCUT2D eigenvalue weighted by Gasteiger charge is -2.37. The Morgan fingerprint density at radius 2 is 1.83 bits per heavy atom. The second-order valence-corrected chi connectivity index (χ2v) is 6.37. The second-order valence-electron chi connectivity index (χ2n) is 5.57. The van der Waals surface area contributed by atoms with Crippen molar-refractivity contribution in [2.24, 2.45) is 0 Å². The van der Waals surface area contributed by atoms with E-state index in [1.807, 2.05) is 37.5 Å². The van der Waals surface area contributed by atoms with Gasteiger partial charge in [-0.1, -0.05) is 17.7 Å². The van der Waals surface area contributed by atoms with Gasteiger partial charge in [0.2, 0.25) is 0 Å². The highest BCUT2D eigenvalue weighted by atomic mass is 35.5. The molecule has 0 bridgehead atoms. The first kappa shape index (κ1) is 16.0. The van der Waals surface area contributed by atoms with Crippen molar-refractivity contribution in [3.63, 3.8) is 0 Å². The third-order valence-electron chi connectivity index (χ3n) is 4.14. The van der Waals surface area contributed by atoms with E-state index in [9.17, 15) is 0 Å². The number of nitrogens with zero attached hydrogens (tertiary/aromatic N) is 2. The van der Waals surface area contributed by atoms with Crippen LogP contribution in [0.25, 0.3) is 0 Å². The van der Waals surface area contributed by atoms with Crippen molar-refractivity contribution in [3.8, 4) is 0 Å². The predicted octanol–water partition coefficient (Wildman–Crippen LogP) is 2.98. The Hall–Kier alpha value is -1.85. The molecule has 2 heterocycles. The number of aromatic nitrogens is 1. The van der Waals surface area contributed by atoms with Gasteiger partial charge in [-0.15, -0.1) is 0 Å². The lowest BCUT2D eigenvalue weighted by Crippen LogP contribution is -2.50. The molecule has 0 atom stereocenters. The van der Waals surface area contributed by atoms with Crippen molar-refractivity contribution in [2.75, 3.05) is 36.4 Å². The number of aromatic amines is 1. The van der Waals surface area contributed by atoms with Gasteiger partial charge in [0.25, 0.3) is 0 Å². The average Bonchev–Trinajstić information content (AvgIpc) is 2.60. The molecule has 0 spiro atoms. The molecule has 1 aromatic heterocycles. The van der Waals surface area contributed by atoms with Gasteiger partial charge in [-0.3, -0.25) is 0 Å². The summed E-state index contributed by atoms with van der Waals surface area (Å²) in [4.78, 5) is 7.64. The van der Waals surface area contributed by atoms with Crippen LogP contribution in [0.2, 0.25) is 5.02 Å². The highest BCUT2D eigenvalue weighted by molar-refractivity contribution is 7.80. The van der Waals surface area contributed by atoms with Crippen molar-refractivity contribution in [3.05, 3.63) is 53.3 Å². The van der Waals surface area contributed by atoms with Crippen molar-refractivity contribution in [1.82, 2.24) is 4.90 Å². The van der Waals surface area contributed by atoms with E-state index in [1.165, 1.54) is 5.69 Å². The Bertz CT molecular complexity index is 684. The van der Waals surface area contributed by atoms with Gasteiger partial charge < -0.3 is 15.1 Å². The number of nitrogens with one attached hydrogen (secondary N) is 2. The quantitative estimate of drug-likeness (QED) is 0.847. The molecule has 1 aliphatic heterocycles. The molecule has 1 saturated heterocycles. The van der Waals surface area contributed by atoms with E-state index in [0.29, 0.717) is 0 Å². The number of rotatable bonds is 2. The summed E-state index contributed by atoms with van der Waals surface area (Å²) in [5, 5.41) is 4.84. The van der Waals surface area contributed by atoms with E-state index in [1.54, 1.807) is 0 Å².